The Morgan fingerprint density at radius 3 is 1.63 bits per heavy atom. The molecule has 0 aromatic heterocycles. The molecule has 1 N–H and O–H groups in total. The number of hydrogen-bond acceptors (Lipinski definition) is 5. The molecule has 0 fully saturated rings. The van der Waals surface area contributed by atoms with Crippen LogP contribution in [0, 0.1) is 0 Å². The number of ether oxygens (including phenoxy) is 1. The predicted octanol–water partition coefficient (Wildman–Crippen LogP) is 5.10. The van der Waals surface area contributed by atoms with E-state index in [0.717, 1.165) is 0 Å². The number of hydrogen-bond donors (Lipinski definition) is 1. The quantitative estimate of drug-likeness (QED) is 0.393. The lowest BCUT2D eigenvalue weighted by molar-refractivity contribution is -0.140. The van der Waals surface area contributed by atoms with Gasteiger partial charge in [0, 0.05) is 6.42 Å². The summed E-state index contributed by atoms with van der Waals surface area (Å²) >= 11 is 0. The zero-order chi connectivity index (χ0) is 21.7. The van der Waals surface area contributed by atoms with Crippen LogP contribution in [0.2, 0.25) is 36.3 Å². The Balaban J connectivity index is 5.48. The van der Waals surface area contributed by atoms with Gasteiger partial charge in [0.2, 0.25) is 0 Å². The van der Waals surface area contributed by atoms with Crippen LogP contribution < -0.4 is 0 Å². The van der Waals surface area contributed by atoms with Crippen molar-refractivity contribution in [3.05, 3.63) is 0 Å². The first-order valence-electron chi connectivity index (χ1n) is 10.0. The van der Waals surface area contributed by atoms with Crippen LogP contribution in [0.5, 0.6) is 0 Å². The van der Waals surface area contributed by atoms with Crippen LogP contribution in [0.4, 0.5) is 0 Å². The van der Waals surface area contributed by atoms with Crippen molar-refractivity contribution in [2.75, 3.05) is 13.7 Å². The lowest BCUT2D eigenvalue weighted by Crippen LogP contribution is -2.53. The Labute approximate surface area is 169 Å². The first-order chi connectivity index (χ1) is 12.0. The third kappa shape index (κ3) is 8.35. The minimum atomic E-state index is -2.06. The van der Waals surface area contributed by atoms with E-state index in [0.29, 0.717) is 19.3 Å². The van der Waals surface area contributed by atoms with Gasteiger partial charge in [0.05, 0.1) is 25.9 Å². The van der Waals surface area contributed by atoms with E-state index < -0.39 is 16.6 Å². The molecule has 0 amide bonds. The monoisotopic (exact) mass is 420 g/mol. The summed E-state index contributed by atoms with van der Waals surface area (Å²) in [6.07, 6.45) is 1.07. The summed E-state index contributed by atoms with van der Waals surface area (Å²) in [4.78, 5) is 11.5. The molecule has 0 unspecified atom stereocenters. The Morgan fingerprint density at radius 1 is 0.889 bits per heavy atom. The minimum Gasteiger partial charge on any atom is -0.469 e. The first-order valence-corrected chi connectivity index (χ1v) is 15.8. The molecule has 0 aromatic carbocycles. The summed E-state index contributed by atoms with van der Waals surface area (Å²) in [7, 11) is -2.70. The van der Waals surface area contributed by atoms with E-state index >= 15 is 0 Å². The van der Waals surface area contributed by atoms with Crippen LogP contribution in [0.3, 0.4) is 0 Å². The highest BCUT2D eigenvalue weighted by molar-refractivity contribution is 6.74. The average molecular weight is 421 g/mol. The highest BCUT2D eigenvalue weighted by Gasteiger charge is 2.44. The molecular weight excluding hydrogens is 376 g/mol. The third-order valence-corrected chi connectivity index (χ3v) is 15.2. The SMILES string of the molecule is COC(=O)CCC[C@H](O[Si](C)(C)C(C)(C)C)[C@@H](CO)O[Si](C)(C)C(C)(C)C. The van der Waals surface area contributed by atoms with Gasteiger partial charge in [-0.3, -0.25) is 4.79 Å². The highest BCUT2D eigenvalue weighted by Crippen LogP contribution is 2.41. The summed E-state index contributed by atoms with van der Waals surface area (Å²) in [5, 5.41) is 10.2. The van der Waals surface area contributed by atoms with Crippen molar-refractivity contribution >= 4 is 22.6 Å². The van der Waals surface area contributed by atoms with Crippen molar-refractivity contribution in [1.82, 2.24) is 0 Å². The largest absolute Gasteiger partial charge is 0.469 e. The average Bonchev–Trinajstić information content (AvgIpc) is 2.49. The molecule has 0 heterocycles. The molecule has 5 nitrogen and oxygen atoms in total. The molecule has 0 saturated carbocycles. The minimum absolute atomic E-state index is 0.0496. The van der Waals surface area contributed by atoms with E-state index in [1.54, 1.807) is 0 Å². The van der Waals surface area contributed by atoms with E-state index in [1.165, 1.54) is 7.11 Å². The Kier molecular flexibility index (Phi) is 9.93. The molecule has 0 rings (SSSR count). The van der Waals surface area contributed by atoms with Crippen LogP contribution in [-0.2, 0) is 18.4 Å². The zero-order valence-corrected chi connectivity index (χ0v) is 21.6. The molecule has 0 radical (unpaired) electrons. The Bertz CT molecular complexity index is 464. The fourth-order valence-corrected chi connectivity index (χ4v) is 4.93. The fraction of sp³-hybridized carbons (Fsp3) is 0.950. The smallest absolute Gasteiger partial charge is 0.305 e. The molecular formula is C20H44O5Si2. The molecule has 0 aliphatic rings. The maximum atomic E-state index is 11.5. The van der Waals surface area contributed by atoms with Gasteiger partial charge < -0.3 is 18.7 Å². The predicted molar refractivity (Wildman–Crippen MR) is 117 cm³/mol. The van der Waals surface area contributed by atoms with E-state index in [2.05, 4.69) is 67.7 Å². The first kappa shape index (κ1) is 26.8. The summed E-state index contributed by atoms with van der Waals surface area (Å²) in [6.45, 7) is 21.9. The van der Waals surface area contributed by atoms with Crippen LogP contribution in [0.25, 0.3) is 0 Å². The zero-order valence-electron chi connectivity index (χ0n) is 19.6. The second-order valence-electron chi connectivity index (χ2n) is 10.5. The molecule has 0 saturated heterocycles. The van der Waals surface area contributed by atoms with Gasteiger partial charge in [0.25, 0.3) is 0 Å². The van der Waals surface area contributed by atoms with Gasteiger partial charge in [-0.2, -0.15) is 0 Å². The number of aliphatic hydroxyl groups excluding tert-OH is 1. The van der Waals surface area contributed by atoms with Crippen LogP contribution in [-0.4, -0.2) is 53.6 Å². The number of aliphatic hydroxyl groups is 1. The highest BCUT2D eigenvalue weighted by atomic mass is 28.4. The fourth-order valence-electron chi connectivity index (χ4n) is 2.21. The standard InChI is InChI=1S/C20H44O5Si2/c1-19(2,3)26(8,9)24-16(13-12-14-18(22)23-7)17(15-21)25-27(10,11)20(4,5)6/h16-17,21H,12-15H2,1-11H3/t16-,17+/m0/s1. The van der Waals surface area contributed by atoms with Crippen molar-refractivity contribution < 1.29 is 23.5 Å². The van der Waals surface area contributed by atoms with E-state index in [-0.39, 0.29) is 34.9 Å². The van der Waals surface area contributed by atoms with Gasteiger partial charge in [-0.15, -0.1) is 0 Å². The molecule has 0 aromatic rings. The third-order valence-electron chi connectivity index (χ3n) is 6.20. The second kappa shape index (κ2) is 10.0. The van der Waals surface area contributed by atoms with Crippen LogP contribution >= 0.6 is 0 Å². The van der Waals surface area contributed by atoms with Crippen molar-refractivity contribution in [3.63, 3.8) is 0 Å². The number of methoxy groups -OCH3 is 1. The van der Waals surface area contributed by atoms with E-state index in [1.807, 2.05) is 0 Å². The van der Waals surface area contributed by atoms with Crippen LogP contribution in [0.1, 0.15) is 60.8 Å². The summed E-state index contributed by atoms with van der Waals surface area (Å²) < 4.78 is 17.9. The second-order valence-corrected chi connectivity index (χ2v) is 20.0. The van der Waals surface area contributed by atoms with Gasteiger partial charge in [-0.1, -0.05) is 41.5 Å². The molecule has 2 atom stereocenters. The molecule has 7 heteroatoms. The van der Waals surface area contributed by atoms with Crippen molar-refractivity contribution in [2.24, 2.45) is 0 Å². The van der Waals surface area contributed by atoms with E-state index in [9.17, 15) is 9.90 Å². The maximum absolute atomic E-state index is 11.5. The topological polar surface area (TPSA) is 65.0 Å². The summed E-state index contributed by atoms with van der Waals surface area (Å²) in [5.74, 6) is -0.216. The molecule has 0 spiro atoms. The maximum Gasteiger partial charge on any atom is 0.305 e. The van der Waals surface area contributed by atoms with E-state index in [4.69, 9.17) is 13.6 Å². The van der Waals surface area contributed by atoms with Gasteiger partial charge in [-0.25, -0.2) is 0 Å². The number of carbonyl (C=O) groups excluding carboxylic acids is 1. The van der Waals surface area contributed by atoms with Gasteiger partial charge in [-0.05, 0) is 49.1 Å². The number of rotatable bonds is 10. The molecule has 0 bridgehead atoms. The summed E-state index contributed by atoms with van der Waals surface area (Å²) in [5.41, 5.74) is 0. The Morgan fingerprint density at radius 2 is 1.30 bits per heavy atom. The lowest BCUT2D eigenvalue weighted by atomic mass is 10.1. The van der Waals surface area contributed by atoms with Crippen molar-refractivity contribution in [3.8, 4) is 0 Å². The normalized spacial score (nSPS) is 16.1. The number of esters is 1. The number of carbonyl (C=O) groups is 1. The Hall–Kier alpha value is -0.216. The molecule has 162 valence electrons. The van der Waals surface area contributed by atoms with Gasteiger partial charge in [0.15, 0.2) is 16.6 Å². The molecule has 0 aliphatic carbocycles. The lowest BCUT2D eigenvalue weighted by Gasteiger charge is -2.44. The van der Waals surface area contributed by atoms with Gasteiger partial charge in [0.1, 0.15) is 0 Å². The van der Waals surface area contributed by atoms with Crippen molar-refractivity contribution in [1.29, 1.82) is 0 Å². The van der Waals surface area contributed by atoms with Crippen molar-refractivity contribution in [2.45, 2.75) is 109 Å². The van der Waals surface area contributed by atoms with Crippen LogP contribution in [0.15, 0.2) is 0 Å². The molecule has 0 aliphatic heterocycles. The summed E-state index contributed by atoms with van der Waals surface area (Å²) in [6, 6.07) is 0. The van der Waals surface area contributed by atoms with Gasteiger partial charge >= 0.3 is 5.97 Å². The molecule has 27 heavy (non-hydrogen) atoms.